The second-order valence-electron chi connectivity index (χ2n) is 6.19. The van der Waals surface area contributed by atoms with Gasteiger partial charge in [-0.15, -0.1) is 0 Å². The summed E-state index contributed by atoms with van der Waals surface area (Å²) >= 11 is 3.53. The predicted molar refractivity (Wildman–Crippen MR) is 106 cm³/mol. The molecule has 0 spiro atoms. The summed E-state index contributed by atoms with van der Waals surface area (Å²) < 4.78 is 0.846. The van der Waals surface area contributed by atoms with Gasteiger partial charge in [-0.05, 0) is 47.2 Å². The average Bonchev–Trinajstić information content (AvgIpc) is 2.67. The summed E-state index contributed by atoms with van der Waals surface area (Å²) in [5.41, 5.74) is 6.29. The number of hydrogen-bond acceptors (Lipinski definition) is 1. The minimum Gasteiger partial charge on any atom is -0.289 e. The van der Waals surface area contributed by atoms with Gasteiger partial charge in [0, 0.05) is 15.6 Å². The van der Waals surface area contributed by atoms with Crippen molar-refractivity contribution in [1.82, 2.24) is 0 Å². The van der Waals surface area contributed by atoms with Crippen molar-refractivity contribution in [3.8, 4) is 0 Å². The molecule has 3 aromatic carbocycles. The lowest BCUT2D eigenvalue weighted by Crippen LogP contribution is -2.14. The van der Waals surface area contributed by atoms with E-state index in [1.54, 1.807) is 0 Å². The fourth-order valence-electron chi connectivity index (χ4n) is 3.50. The van der Waals surface area contributed by atoms with Gasteiger partial charge < -0.3 is 0 Å². The lowest BCUT2D eigenvalue weighted by atomic mass is 9.80. The second-order valence-corrected chi connectivity index (χ2v) is 7.04. The zero-order valence-electron chi connectivity index (χ0n) is 13.7. The zero-order valence-corrected chi connectivity index (χ0v) is 15.3. The molecule has 122 valence electrons. The molecule has 0 bridgehead atoms. The molecule has 0 saturated heterocycles. The van der Waals surface area contributed by atoms with Crippen molar-refractivity contribution in [2.45, 2.75) is 12.8 Å². The first-order valence-electron chi connectivity index (χ1n) is 8.42. The molecule has 0 heterocycles. The minimum atomic E-state index is 0.112. The quantitative estimate of drug-likeness (QED) is 0.496. The van der Waals surface area contributed by atoms with Crippen LogP contribution in [-0.2, 0) is 6.42 Å². The minimum absolute atomic E-state index is 0.112. The van der Waals surface area contributed by atoms with Gasteiger partial charge in [-0.3, -0.25) is 4.79 Å². The number of benzene rings is 3. The number of allylic oxidation sites excluding steroid dienone is 1. The molecule has 0 aromatic heterocycles. The van der Waals surface area contributed by atoms with Crippen molar-refractivity contribution in [2.24, 2.45) is 0 Å². The van der Waals surface area contributed by atoms with Crippen LogP contribution in [0.2, 0.25) is 0 Å². The number of fused-ring (bicyclic) bond motifs is 1. The van der Waals surface area contributed by atoms with E-state index < -0.39 is 0 Å². The monoisotopic (exact) mass is 388 g/mol. The third-order valence-corrected chi connectivity index (χ3v) is 5.38. The van der Waals surface area contributed by atoms with Crippen LogP contribution in [-0.4, -0.2) is 5.78 Å². The standard InChI is InChI=1S/C23H17BrO/c24-21-13-7-6-12-19(21)23(25)20-15-14-16-8-4-5-11-18(16)22(20)17-9-2-1-3-10-17/h1-13H,14-15H2. The van der Waals surface area contributed by atoms with Crippen LogP contribution in [0.15, 0.2) is 88.9 Å². The Morgan fingerprint density at radius 1 is 0.760 bits per heavy atom. The molecule has 0 unspecified atom stereocenters. The first kappa shape index (κ1) is 16.0. The fourth-order valence-corrected chi connectivity index (χ4v) is 3.96. The lowest BCUT2D eigenvalue weighted by molar-refractivity contribution is 0.103. The van der Waals surface area contributed by atoms with Crippen molar-refractivity contribution in [2.75, 3.05) is 0 Å². The maximum atomic E-state index is 13.3. The van der Waals surface area contributed by atoms with E-state index in [1.165, 1.54) is 11.1 Å². The van der Waals surface area contributed by atoms with Crippen LogP contribution >= 0.6 is 15.9 Å². The third kappa shape index (κ3) is 2.98. The molecule has 0 fully saturated rings. The molecule has 0 amide bonds. The molecule has 0 radical (unpaired) electrons. The molecule has 2 heteroatoms. The van der Waals surface area contributed by atoms with Gasteiger partial charge in [0.1, 0.15) is 0 Å². The van der Waals surface area contributed by atoms with Crippen LogP contribution in [0.1, 0.15) is 33.5 Å². The van der Waals surface area contributed by atoms with Gasteiger partial charge in [0.15, 0.2) is 5.78 Å². The van der Waals surface area contributed by atoms with Gasteiger partial charge in [-0.25, -0.2) is 0 Å². The van der Waals surface area contributed by atoms with E-state index in [2.05, 4.69) is 46.3 Å². The van der Waals surface area contributed by atoms with E-state index in [4.69, 9.17) is 0 Å². The molecular formula is C23H17BrO. The van der Waals surface area contributed by atoms with Gasteiger partial charge in [-0.1, -0.05) is 82.7 Å². The van der Waals surface area contributed by atoms with Gasteiger partial charge in [0.05, 0.1) is 0 Å². The Hall–Kier alpha value is -2.45. The molecule has 4 rings (SSSR count). The van der Waals surface area contributed by atoms with E-state index in [0.29, 0.717) is 0 Å². The second kappa shape index (κ2) is 6.81. The molecule has 1 nitrogen and oxygen atoms in total. The third-order valence-electron chi connectivity index (χ3n) is 4.69. The normalized spacial score (nSPS) is 13.5. The van der Waals surface area contributed by atoms with Gasteiger partial charge >= 0.3 is 0 Å². The Morgan fingerprint density at radius 2 is 1.44 bits per heavy atom. The molecule has 25 heavy (non-hydrogen) atoms. The van der Waals surface area contributed by atoms with Crippen molar-refractivity contribution in [3.05, 3.63) is 111 Å². The van der Waals surface area contributed by atoms with E-state index in [9.17, 15) is 4.79 Å². The topological polar surface area (TPSA) is 17.1 Å². The molecule has 1 aliphatic rings. The van der Waals surface area contributed by atoms with Crippen molar-refractivity contribution >= 4 is 27.3 Å². The number of hydrogen-bond donors (Lipinski definition) is 0. The first-order valence-corrected chi connectivity index (χ1v) is 9.21. The van der Waals surface area contributed by atoms with Crippen LogP contribution < -0.4 is 0 Å². The maximum absolute atomic E-state index is 13.3. The highest BCUT2D eigenvalue weighted by Crippen LogP contribution is 2.38. The highest BCUT2D eigenvalue weighted by Gasteiger charge is 2.25. The van der Waals surface area contributed by atoms with E-state index >= 15 is 0 Å². The highest BCUT2D eigenvalue weighted by molar-refractivity contribution is 9.10. The molecule has 3 aromatic rings. The van der Waals surface area contributed by atoms with Crippen molar-refractivity contribution < 1.29 is 4.79 Å². The largest absolute Gasteiger partial charge is 0.289 e. The summed E-state index contributed by atoms with van der Waals surface area (Å²) in [6, 6.07) is 26.3. The van der Waals surface area contributed by atoms with Gasteiger partial charge in [0.25, 0.3) is 0 Å². The SMILES string of the molecule is O=C(C1=C(c2ccccc2)c2ccccc2CC1)c1ccccc1Br. The molecule has 0 atom stereocenters. The molecule has 0 saturated carbocycles. The zero-order chi connectivity index (χ0) is 17.2. The Kier molecular flexibility index (Phi) is 4.37. The summed E-state index contributed by atoms with van der Waals surface area (Å²) in [6.07, 6.45) is 1.67. The Morgan fingerprint density at radius 3 is 2.24 bits per heavy atom. The van der Waals surface area contributed by atoms with Crippen LogP contribution in [0.25, 0.3) is 5.57 Å². The van der Waals surface area contributed by atoms with Crippen LogP contribution in [0.5, 0.6) is 0 Å². The average molecular weight is 389 g/mol. The number of Topliss-reactive ketones (excluding diaryl/α,β-unsaturated/α-hetero) is 1. The summed E-state index contributed by atoms with van der Waals surface area (Å²) in [4.78, 5) is 13.3. The van der Waals surface area contributed by atoms with Crippen molar-refractivity contribution in [1.29, 1.82) is 0 Å². The lowest BCUT2D eigenvalue weighted by Gasteiger charge is -2.23. The number of rotatable bonds is 3. The number of aryl methyl sites for hydroxylation is 1. The number of halogens is 1. The van der Waals surface area contributed by atoms with Crippen LogP contribution in [0.3, 0.4) is 0 Å². The molecule has 0 aliphatic heterocycles. The van der Waals surface area contributed by atoms with Gasteiger partial charge in [0.2, 0.25) is 0 Å². The summed E-state index contributed by atoms with van der Waals surface area (Å²) in [5.74, 6) is 0.112. The summed E-state index contributed by atoms with van der Waals surface area (Å²) in [6.45, 7) is 0. The van der Waals surface area contributed by atoms with Gasteiger partial charge in [-0.2, -0.15) is 0 Å². The predicted octanol–water partition coefficient (Wildman–Crippen LogP) is 6.08. The van der Waals surface area contributed by atoms with Crippen LogP contribution in [0.4, 0.5) is 0 Å². The van der Waals surface area contributed by atoms with E-state index in [1.807, 2.05) is 48.5 Å². The number of carbonyl (C=O) groups is 1. The van der Waals surface area contributed by atoms with Crippen molar-refractivity contribution in [3.63, 3.8) is 0 Å². The Bertz CT molecular complexity index is 970. The van der Waals surface area contributed by atoms with Crippen LogP contribution in [0, 0.1) is 0 Å². The number of ketones is 1. The summed E-state index contributed by atoms with van der Waals surface area (Å²) in [7, 11) is 0. The summed E-state index contributed by atoms with van der Waals surface area (Å²) in [5, 5.41) is 0. The Labute approximate surface area is 156 Å². The van der Waals surface area contributed by atoms with E-state index in [-0.39, 0.29) is 5.78 Å². The molecule has 0 N–H and O–H groups in total. The molecule has 1 aliphatic carbocycles. The fraction of sp³-hybridized carbons (Fsp3) is 0.0870. The van der Waals surface area contributed by atoms with E-state index in [0.717, 1.165) is 39.6 Å². The number of carbonyl (C=O) groups excluding carboxylic acids is 1. The smallest absolute Gasteiger partial charge is 0.190 e. The first-order chi connectivity index (χ1) is 12.3. The molecular weight excluding hydrogens is 372 g/mol. The highest BCUT2D eigenvalue weighted by atomic mass is 79.9. The Balaban J connectivity index is 1.95. The maximum Gasteiger partial charge on any atom is 0.190 e.